The monoisotopic (exact) mass is 453 g/mol. The van der Waals surface area contributed by atoms with E-state index < -0.39 is 6.09 Å². The first-order valence-electron chi connectivity index (χ1n) is 12.1. The second-order valence-electron chi connectivity index (χ2n) is 8.21. The maximum atomic E-state index is 10.8. The van der Waals surface area contributed by atoms with Crippen molar-refractivity contribution in [3.8, 4) is 0 Å². The van der Waals surface area contributed by atoms with Gasteiger partial charge in [0.2, 0.25) is 0 Å². The highest BCUT2D eigenvalue weighted by Gasteiger charge is 2.10. The van der Waals surface area contributed by atoms with E-state index in [0.29, 0.717) is 0 Å². The summed E-state index contributed by atoms with van der Waals surface area (Å²) in [7, 11) is 2.74. The average molecular weight is 454 g/mol. The van der Waals surface area contributed by atoms with Crippen molar-refractivity contribution in [1.82, 2.24) is 4.72 Å². The van der Waals surface area contributed by atoms with Crippen molar-refractivity contribution >= 4 is 27.9 Å². The van der Waals surface area contributed by atoms with Gasteiger partial charge in [0.05, 0.1) is 0 Å². The maximum Gasteiger partial charge on any atom is 0.415 e. The van der Waals surface area contributed by atoms with Gasteiger partial charge in [-0.2, -0.15) is 0 Å². The molecule has 0 aliphatic heterocycles. The van der Waals surface area contributed by atoms with Gasteiger partial charge in [-0.1, -0.05) is 103 Å². The Morgan fingerprint density at radius 1 is 0.800 bits per heavy atom. The third-order valence-electron chi connectivity index (χ3n) is 5.57. The van der Waals surface area contributed by atoms with Crippen LogP contribution in [0.1, 0.15) is 115 Å². The van der Waals surface area contributed by atoms with Crippen LogP contribution < -0.4 is 4.72 Å². The summed E-state index contributed by atoms with van der Waals surface area (Å²) in [5, 5.41) is 8.85. The first-order chi connectivity index (χ1) is 14.7. The molecule has 0 aliphatic carbocycles. The smallest absolute Gasteiger partial charge is 0.415 e. The summed E-state index contributed by atoms with van der Waals surface area (Å²) in [4.78, 5) is 12.0. The van der Waals surface area contributed by atoms with Crippen molar-refractivity contribution in [2.75, 3.05) is 0 Å². The standard InChI is InChI=1S/C25H43NO2S2/c1-3-5-7-9-11-13-15-18-22-19-17-21-24(29-30-26-25(27)28)23(22)20-16-14-12-10-8-6-4-2/h17,19,21,26H,3-16,18,20H2,1-2H3,(H,27,28). The number of benzene rings is 1. The van der Waals surface area contributed by atoms with Crippen LogP contribution in [0.3, 0.4) is 0 Å². The first kappa shape index (κ1) is 27.2. The second-order valence-corrected chi connectivity index (χ2v) is 10.2. The van der Waals surface area contributed by atoms with E-state index in [1.807, 2.05) is 0 Å². The molecule has 0 saturated carbocycles. The topological polar surface area (TPSA) is 49.3 Å². The van der Waals surface area contributed by atoms with Gasteiger partial charge in [-0.3, -0.25) is 4.72 Å². The van der Waals surface area contributed by atoms with Crippen molar-refractivity contribution < 1.29 is 9.90 Å². The number of aryl methyl sites for hydroxylation is 1. The molecule has 0 atom stereocenters. The highest BCUT2D eigenvalue weighted by Crippen LogP contribution is 2.34. The van der Waals surface area contributed by atoms with E-state index in [0.717, 1.165) is 12.8 Å². The zero-order valence-electron chi connectivity index (χ0n) is 19.2. The summed E-state index contributed by atoms with van der Waals surface area (Å²) in [6.45, 7) is 4.53. The number of rotatable bonds is 19. The third-order valence-corrected chi connectivity index (χ3v) is 7.51. The van der Waals surface area contributed by atoms with Crippen molar-refractivity contribution in [1.29, 1.82) is 0 Å². The highest BCUT2D eigenvalue weighted by molar-refractivity contribution is 8.76. The Morgan fingerprint density at radius 3 is 1.90 bits per heavy atom. The van der Waals surface area contributed by atoms with E-state index in [4.69, 9.17) is 5.11 Å². The van der Waals surface area contributed by atoms with Gasteiger partial charge in [-0.15, -0.1) is 0 Å². The molecule has 0 fully saturated rings. The lowest BCUT2D eigenvalue weighted by atomic mass is 9.96. The number of amides is 1. The molecule has 2 N–H and O–H groups in total. The molecule has 5 heteroatoms. The predicted molar refractivity (Wildman–Crippen MR) is 134 cm³/mol. The lowest BCUT2D eigenvalue weighted by molar-refractivity contribution is 0.202. The van der Waals surface area contributed by atoms with Gasteiger partial charge in [0.1, 0.15) is 0 Å². The molecule has 0 aliphatic rings. The molecular weight excluding hydrogens is 410 g/mol. The second kappa shape index (κ2) is 18.9. The molecule has 0 radical (unpaired) electrons. The largest absolute Gasteiger partial charge is 0.464 e. The molecule has 0 spiro atoms. The molecule has 1 aromatic rings. The fourth-order valence-electron chi connectivity index (χ4n) is 3.84. The number of hydrogen-bond donors (Lipinski definition) is 2. The lowest BCUT2D eigenvalue weighted by Crippen LogP contribution is -2.09. The van der Waals surface area contributed by atoms with E-state index in [-0.39, 0.29) is 0 Å². The Morgan fingerprint density at radius 2 is 1.33 bits per heavy atom. The Kier molecular flexibility index (Phi) is 17.2. The fourth-order valence-corrected chi connectivity index (χ4v) is 5.59. The van der Waals surface area contributed by atoms with Gasteiger partial charge in [-0.25, -0.2) is 4.79 Å². The SMILES string of the molecule is CCCCCCCCCc1cccc(SSNC(=O)O)c1CCCCCCCCC. The van der Waals surface area contributed by atoms with Crippen LogP contribution in [-0.4, -0.2) is 11.2 Å². The third kappa shape index (κ3) is 13.5. The lowest BCUT2D eigenvalue weighted by Gasteiger charge is -2.14. The Bertz CT molecular complexity index is 566. The summed E-state index contributed by atoms with van der Waals surface area (Å²) < 4.78 is 2.41. The van der Waals surface area contributed by atoms with Crippen LogP contribution in [0.15, 0.2) is 23.1 Å². The van der Waals surface area contributed by atoms with Gasteiger partial charge in [0, 0.05) is 15.9 Å². The minimum Gasteiger partial charge on any atom is -0.464 e. The number of hydrogen-bond acceptors (Lipinski definition) is 3. The van der Waals surface area contributed by atoms with Gasteiger partial charge < -0.3 is 5.11 Å². The van der Waals surface area contributed by atoms with E-state index in [1.165, 1.54) is 117 Å². The van der Waals surface area contributed by atoms with Crippen LogP contribution in [0.25, 0.3) is 0 Å². The quantitative estimate of drug-likeness (QED) is 0.124. The van der Waals surface area contributed by atoms with Crippen LogP contribution in [0, 0.1) is 0 Å². The first-order valence-corrected chi connectivity index (χ1v) is 14.3. The van der Waals surface area contributed by atoms with E-state index >= 15 is 0 Å². The summed E-state index contributed by atoms with van der Waals surface area (Å²) >= 11 is 0. The zero-order chi connectivity index (χ0) is 21.9. The Balaban J connectivity index is 2.55. The molecule has 0 aromatic heterocycles. The fraction of sp³-hybridized carbons (Fsp3) is 0.720. The average Bonchev–Trinajstić information content (AvgIpc) is 2.73. The van der Waals surface area contributed by atoms with Crippen LogP contribution in [0.5, 0.6) is 0 Å². The molecule has 1 amide bonds. The molecule has 1 aromatic carbocycles. The number of carbonyl (C=O) groups is 1. The Hall–Kier alpha value is -0.810. The van der Waals surface area contributed by atoms with E-state index in [2.05, 4.69) is 36.8 Å². The van der Waals surface area contributed by atoms with Crippen molar-refractivity contribution in [2.24, 2.45) is 0 Å². The minimum absolute atomic E-state index is 0.986. The summed E-state index contributed by atoms with van der Waals surface area (Å²) in [6.07, 6.45) is 19.8. The minimum atomic E-state index is -0.986. The highest BCUT2D eigenvalue weighted by atomic mass is 33.1. The van der Waals surface area contributed by atoms with E-state index in [9.17, 15) is 4.79 Å². The summed E-state index contributed by atoms with van der Waals surface area (Å²) in [5.41, 5.74) is 2.91. The predicted octanol–water partition coefficient (Wildman–Crippen LogP) is 9.20. The van der Waals surface area contributed by atoms with Crippen molar-refractivity contribution in [3.63, 3.8) is 0 Å². The molecule has 30 heavy (non-hydrogen) atoms. The van der Waals surface area contributed by atoms with Crippen LogP contribution in [0.4, 0.5) is 4.79 Å². The number of carboxylic acid groups (broad SMARTS) is 1. The summed E-state index contributed by atoms with van der Waals surface area (Å²) in [6, 6.07) is 6.56. The molecule has 3 nitrogen and oxygen atoms in total. The van der Waals surface area contributed by atoms with Crippen molar-refractivity contribution in [3.05, 3.63) is 29.3 Å². The number of unbranched alkanes of at least 4 members (excludes halogenated alkanes) is 12. The molecule has 0 unspecified atom stereocenters. The van der Waals surface area contributed by atoms with Crippen molar-refractivity contribution in [2.45, 2.75) is 121 Å². The molecule has 0 bridgehead atoms. The maximum absolute atomic E-state index is 10.8. The van der Waals surface area contributed by atoms with Gasteiger partial charge in [0.15, 0.2) is 0 Å². The molecule has 172 valence electrons. The van der Waals surface area contributed by atoms with Crippen LogP contribution in [-0.2, 0) is 12.8 Å². The molecule has 0 heterocycles. The molecule has 1 rings (SSSR count). The van der Waals surface area contributed by atoms with Crippen LogP contribution >= 0.6 is 21.8 Å². The van der Waals surface area contributed by atoms with E-state index in [1.54, 1.807) is 10.8 Å². The molecule has 0 saturated heterocycles. The number of nitrogens with one attached hydrogen (secondary N) is 1. The summed E-state index contributed by atoms with van der Waals surface area (Å²) in [5.74, 6) is 0. The molecular formula is C25H43NO2S2. The zero-order valence-corrected chi connectivity index (χ0v) is 20.9. The van der Waals surface area contributed by atoms with Crippen LogP contribution in [0.2, 0.25) is 0 Å². The van der Waals surface area contributed by atoms with Gasteiger partial charge >= 0.3 is 6.09 Å². The van der Waals surface area contributed by atoms with Gasteiger partial charge in [-0.05, 0) is 53.7 Å². The van der Waals surface area contributed by atoms with Gasteiger partial charge in [0.25, 0.3) is 0 Å². The normalized spacial score (nSPS) is 11.0. The Labute approximate surface area is 193 Å².